The number of hydrogen-bond donors (Lipinski definition) is 1. The summed E-state index contributed by atoms with van der Waals surface area (Å²) in [4.78, 5) is 17.0. The molecule has 0 aromatic carbocycles. The third-order valence-corrected chi connectivity index (χ3v) is 7.31. The van der Waals surface area contributed by atoms with E-state index in [9.17, 15) is 4.79 Å². The minimum absolute atomic E-state index is 0.262. The van der Waals surface area contributed by atoms with Gasteiger partial charge in [-0.2, -0.15) is 5.10 Å². The van der Waals surface area contributed by atoms with E-state index >= 15 is 0 Å². The van der Waals surface area contributed by atoms with Crippen LogP contribution >= 0.6 is 0 Å². The predicted octanol–water partition coefficient (Wildman–Crippen LogP) is 6.65. The number of ether oxygens (including phenoxy) is 3. The van der Waals surface area contributed by atoms with Crippen molar-refractivity contribution >= 4 is 6.16 Å². The highest BCUT2D eigenvalue weighted by atomic mass is 16.7. The number of aromatic nitrogens is 3. The maximum atomic E-state index is 12.1. The van der Waals surface area contributed by atoms with Gasteiger partial charge in [0.2, 0.25) is 0 Å². The number of H-pyrrole nitrogens is 1. The highest BCUT2D eigenvalue weighted by molar-refractivity contribution is 5.59. The molecule has 7 nitrogen and oxygen atoms in total. The van der Waals surface area contributed by atoms with E-state index in [1.54, 1.807) is 0 Å². The van der Waals surface area contributed by atoms with Gasteiger partial charge in [-0.15, -0.1) is 0 Å². The van der Waals surface area contributed by atoms with Crippen LogP contribution in [0.2, 0.25) is 0 Å². The SMILES string of the molecule is CCCCCCCCOC(=O)OCC1CCCCC1c1nc(C2CCCC(OCC)C2)n[nH]1. The van der Waals surface area contributed by atoms with Gasteiger partial charge < -0.3 is 14.2 Å². The van der Waals surface area contributed by atoms with Crippen molar-refractivity contribution in [2.75, 3.05) is 19.8 Å². The van der Waals surface area contributed by atoms with Gasteiger partial charge in [0, 0.05) is 24.4 Å². The van der Waals surface area contributed by atoms with Crippen LogP contribution in [0.3, 0.4) is 0 Å². The highest BCUT2D eigenvalue weighted by Crippen LogP contribution is 2.38. The van der Waals surface area contributed by atoms with E-state index in [0.29, 0.717) is 25.2 Å². The van der Waals surface area contributed by atoms with Gasteiger partial charge in [0.25, 0.3) is 0 Å². The molecule has 2 aliphatic rings. The third kappa shape index (κ3) is 8.58. The molecular weight excluding hydrogens is 418 g/mol. The molecule has 2 aliphatic carbocycles. The van der Waals surface area contributed by atoms with E-state index in [1.807, 2.05) is 0 Å². The summed E-state index contributed by atoms with van der Waals surface area (Å²) in [5.74, 6) is 2.78. The molecule has 0 aliphatic heterocycles. The maximum Gasteiger partial charge on any atom is 0.508 e. The van der Waals surface area contributed by atoms with Crippen LogP contribution in [0.15, 0.2) is 0 Å². The fraction of sp³-hybridized carbons (Fsp3) is 0.885. The summed E-state index contributed by atoms with van der Waals surface area (Å²) < 4.78 is 16.6. The number of aromatic amines is 1. The van der Waals surface area contributed by atoms with Gasteiger partial charge in [-0.3, -0.25) is 5.10 Å². The first-order valence-electron chi connectivity index (χ1n) is 13.5. The van der Waals surface area contributed by atoms with Gasteiger partial charge in [0.1, 0.15) is 5.82 Å². The van der Waals surface area contributed by atoms with Crippen LogP contribution in [-0.4, -0.2) is 47.3 Å². The molecule has 188 valence electrons. The molecule has 1 aromatic heterocycles. The molecule has 1 heterocycles. The topological polar surface area (TPSA) is 86.3 Å². The Kier molecular flexibility index (Phi) is 11.5. The third-order valence-electron chi connectivity index (χ3n) is 7.31. The van der Waals surface area contributed by atoms with E-state index in [0.717, 1.165) is 69.6 Å². The normalized spacial score (nSPS) is 25.6. The standard InChI is InChI=1S/C26H45N3O4/c1-3-5-6-7-8-11-17-32-26(30)33-19-21-13-9-10-16-23(21)25-27-24(28-29-25)20-14-12-15-22(18-20)31-4-2/h20-23H,3-19H2,1-2H3,(H,27,28,29). The molecule has 2 saturated carbocycles. The van der Waals surface area contributed by atoms with E-state index in [4.69, 9.17) is 19.2 Å². The number of unbranched alkanes of at least 4 members (excludes halogenated alkanes) is 5. The zero-order chi connectivity index (χ0) is 23.3. The molecule has 7 heteroatoms. The zero-order valence-electron chi connectivity index (χ0n) is 20.9. The van der Waals surface area contributed by atoms with Crippen molar-refractivity contribution in [3.63, 3.8) is 0 Å². The second-order valence-electron chi connectivity index (χ2n) is 9.85. The number of carbonyl (C=O) groups excluding carboxylic acids is 1. The molecule has 33 heavy (non-hydrogen) atoms. The Balaban J connectivity index is 1.43. The highest BCUT2D eigenvalue weighted by Gasteiger charge is 2.32. The molecule has 4 atom stereocenters. The van der Waals surface area contributed by atoms with Gasteiger partial charge in [0.15, 0.2) is 5.82 Å². The average Bonchev–Trinajstić information content (AvgIpc) is 3.33. The van der Waals surface area contributed by atoms with Crippen molar-refractivity contribution < 1.29 is 19.0 Å². The molecule has 3 rings (SSSR count). The molecule has 1 N–H and O–H groups in total. The van der Waals surface area contributed by atoms with Crippen LogP contribution in [0.1, 0.15) is 127 Å². The van der Waals surface area contributed by atoms with Crippen LogP contribution in [-0.2, 0) is 14.2 Å². The van der Waals surface area contributed by atoms with Gasteiger partial charge in [-0.05, 0) is 45.4 Å². The summed E-state index contributed by atoms with van der Waals surface area (Å²) in [5.41, 5.74) is 0. The molecule has 2 fully saturated rings. The lowest BCUT2D eigenvalue weighted by Gasteiger charge is -2.29. The van der Waals surface area contributed by atoms with Crippen LogP contribution in [0.5, 0.6) is 0 Å². The summed E-state index contributed by atoms with van der Waals surface area (Å²) >= 11 is 0. The Morgan fingerprint density at radius 3 is 2.64 bits per heavy atom. The quantitative estimate of drug-likeness (QED) is 0.260. The Labute approximate surface area is 199 Å². The number of nitrogens with zero attached hydrogens (tertiary/aromatic N) is 2. The van der Waals surface area contributed by atoms with Crippen molar-refractivity contribution in [1.29, 1.82) is 0 Å². The molecule has 0 radical (unpaired) electrons. The molecule has 4 unspecified atom stereocenters. The first-order chi connectivity index (χ1) is 16.2. The monoisotopic (exact) mass is 463 g/mol. The summed E-state index contributed by atoms with van der Waals surface area (Å²) in [6, 6.07) is 0. The first kappa shape index (κ1) is 26.0. The zero-order valence-corrected chi connectivity index (χ0v) is 20.9. The predicted molar refractivity (Wildman–Crippen MR) is 128 cm³/mol. The molecule has 1 aromatic rings. The lowest BCUT2D eigenvalue weighted by atomic mass is 9.79. The molecule has 0 bridgehead atoms. The minimum atomic E-state index is -0.532. The van der Waals surface area contributed by atoms with E-state index < -0.39 is 6.16 Å². The molecular formula is C26H45N3O4. The fourth-order valence-corrected chi connectivity index (χ4v) is 5.42. The fourth-order valence-electron chi connectivity index (χ4n) is 5.42. The van der Waals surface area contributed by atoms with Gasteiger partial charge in [-0.1, -0.05) is 58.3 Å². The number of hydrogen-bond acceptors (Lipinski definition) is 6. The summed E-state index contributed by atoms with van der Waals surface area (Å²) in [6.45, 7) is 5.89. The Hall–Kier alpha value is -1.63. The smallest absolute Gasteiger partial charge is 0.434 e. The van der Waals surface area contributed by atoms with E-state index in [-0.39, 0.29) is 11.8 Å². The Bertz CT molecular complexity index is 678. The van der Waals surface area contributed by atoms with Crippen LogP contribution in [0.25, 0.3) is 0 Å². The van der Waals surface area contributed by atoms with Crippen molar-refractivity contribution in [3.8, 4) is 0 Å². The largest absolute Gasteiger partial charge is 0.508 e. The summed E-state index contributed by atoms with van der Waals surface area (Å²) in [6.07, 6.45) is 15.7. The van der Waals surface area contributed by atoms with Crippen molar-refractivity contribution in [1.82, 2.24) is 15.2 Å². The summed E-state index contributed by atoms with van der Waals surface area (Å²) in [7, 11) is 0. The van der Waals surface area contributed by atoms with Gasteiger partial charge >= 0.3 is 6.16 Å². The van der Waals surface area contributed by atoms with Crippen LogP contribution in [0.4, 0.5) is 4.79 Å². The minimum Gasteiger partial charge on any atom is -0.434 e. The maximum absolute atomic E-state index is 12.1. The van der Waals surface area contributed by atoms with Crippen molar-refractivity contribution in [2.45, 2.75) is 122 Å². The second-order valence-corrected chi connectivity index (χ2v) is 9.85. The lowest BCUT2D eigenvalue weighted by Crippen LogP contribution is -2.25. The van der Waals surface area contributed by atoms with Gasteiger partial charge in [-0.25, -0.2) is 9.78 Å². The molecule has 0 saturated heterocycles. The van der Waals surface area contributed by atoms with Gasteiger partial charge in [0.05, 0.1) is 19.3 Å². The molecule has 0 amide bonds. The number of nitrogens with one attached hydrogen (secondary N) is 1. The van der Waals surface area contributed by atoms with E-state index in [2.05, 4.69) is 24.0 Å². The Morgan fingerprint density at radius 2 is 1.79 bits per heavy atom. The van der Waals surface area contributed by atoms with E-state index in [1.165, 1.54) is 38.5 Å². The first-order valence-corrected chi connectivity index (χ1v) is 13.5. The van der Waals surface area contributed by atoms with Crippen molar-refractivity contribution in [3.05, 3.63) is 11.6 Å². The number of rotatable bonds is 13. The van der Waals surface area contributed by atoms with Crippen LogP contribution < -0.4 is 0 Å². The number of carbonyl (C=O) groups is 1. The lowest BCUT2D eigenvalue weighted by molar-refractivity contribution is 0.0299. The van der Waals surface area contributed by atoms with Crippen LogP contribution in [0, 0.1) is 5.92 Å². The summed E-state index contributed by atoms with van der Waals surface area (Å²) in [5, 5.41) is 7.82. The van der Waals surface area contributed by atoms with Crippen molar-refractivity contribution in [2.24, 2.45) is 5.92 Å². The average molecular weight is 464 g/mol. The second kappa shape index (κ2) is 14.6. The Morgan fingerprint density at radius 1 is 0.970 bits per heavy atom. The molecule has 0 spiro atoms.